The Morgan fingerprint density at radius 3 is 2.52 bits per heavy atom. The number of rotatable bonds is 8. The molecule has 2 unspecified atom stereocenters. The highest BCUT2D eigenvalue weighted by molar-refractivity contribution is 7.98. The molecule has 0 radical (unpaired) electrons. The molecule has 0 aromatic heterocycles. The molecule has 0 heterocycles. The summed E-state index contributed by atoms with van der Waals surface area (Å²) in [6, 6.07) is 3.10. The van der Waals surface area contributed by atoms with Gasteiger partial charge in [-0.25, -0.2) is 0 Å². The molecule has 0 spiro atoms. The van der Waals surface area contributed by atoms with Crippen molar-refractivity contribution in [2.45, 2.75) is 30.0 Å². The predicted molar refractivity (Wildman–Crippen MR) is 89.4 cm³/mol. The Kier molecular flexibility index (Phi) is 7.68. The lowest BCUT2D eigenvalue weighted by Crippen LogP contribution is -2.54. The molecule has 1 rings (SSSR count). The Hall–Kier alpha value is -1.43. The van der Waals surface area contributed by atoms with Crippen molar-refractivity contribution in [1.29, 1.82) is 0 Å². The van der Waals surface area contributed by atoms with Crippen molar-refractivity contribution in [2.24, 2.45) is 0 Å². The molecule has 0 aliphatic rings. The summed E-state index contributed by atoms with van der Waals surface area (Å²) in [5, 5.41) is 11.2. The number of aliphatic carboxylic acids is 1. The number of thioether (sulfide) groups is 1. The molecule has 0 aliphatic carbocycles. The highest BCUT2D eigenvalue weighted by Crippen LogP contribution is 2.27. The largest absolute Gasteiger partial charge is 0.480 e. The van der Waals surface area contributed by atoms with Crippen LogP contribution in [0.15, 0.2) is 29.2 Å². The molecule has 1 aromatic carbocycles. The van der Waals surface area contributed by atoms with Gasteiger partial charge in [-0.05, 0) is 37.4 Å². The maximum atomic E-state index is 14.3. The topological polar surface area (TPSA) is 58.6 Å². The lowest BCUT2D eigenvalue weighted by atomic mass is 10.2. The molecular formula is C15H17F2NO3S2. The first-order chi connectivity index (χ1) is 10.8. The molecule has 126 valence electrons. The number of benzene rings is 1. The van der Waals surface area contributed by atoms with E-state index in [1.165, 1.54) is 30.8 Å². The van der Waals surface area contributed by atoms with Crippen LogP contribution in [0.1, 0.15) is 6.92 Å². The van der Waals surface area contributed by atoms with E-state index in [-0.39, 0.29) is 11.5 Å². The van der Waals surface area contributed by atoms with E-state index >= 15 is 0 Å². The van der Waals surface area contributed by atoms with Crippen LogP contribution >= 0.6 is 24.4 Å². The van der Waals surface area contributed by atoms with Crippen LogP contribution in [-0.2, 0) is 4.79 Å². The van der Waals surface area contributed by atoms with E-state index in [1.807, 2.05) is 6.26 Å². The van der Waals surface area contributed by atoms with Crippen LogP contribution in [-0.4, -0.2) is 41.3 Å². The summed E-state index contributed by atoms with van der Waals surface area (Å²) in [5.41, 5.74) is 0. The zero-order valence-electron chi connectivity index (χ0n) is 12.5. The van der Waals surface area contributed by atoms with Gasteiger partial charge < -0.3 is 9.84 Å². The van der Waals surface area contributed by atoms with E-state index < -0.39 is 24.2 Å². The molecule has 0 saturated carbocycles. The Morgan fingerprint density at radius 1 is 1.48 bits per heavy atom. The molecule has 0 fully saturated rings. The summed E-state index contributed by atoms with van der Waals surface area (Å²) >= 11 is 5.31. The first-order valence-corrected chi connectivity index (χ1v) is 8.42. The number of nitrogens with one attached hydrogen (secondary N) is 1. The third kappa shape index (κ3) is 5.94. The molecule has 8 heteroatoms. The van der Waals surface area contributed by atoms with Gasteiger partial charge in [0.1, 0.15) is 11.8 Å². The standard InChI is InChI=1S/C15H17F2NO3S2/c1-3-4-13(18-12(9-22)14(19)20)15(16,17)21-10-5-7-11(23-2)8-6-10/h5-8,12-13,18,22H,9H2,1-2H3,(H,19,20). The van der Waals surface area contributed by atoms with Crippen LogP contribution in [0, 0.1) is 11.8 Å². The minimum atomic E-state index is -3.71. The molecule has 4 nitrogen and oxygen atoms in total. The average Bonchev–Trinajstić information content (AvgIpc) is 2.51. The number of carbonyl (C=O) groups is 1. The van der Waals surface area contributed by atoms with Crippen LogP contribution in [0.3, 0.4) is 0 Å². The van der Waals surface area contributed by atoms with Gasteiger partial charge in [-0.2, -0.15) is 21.4 Å². The Balaban J connectivity index is 2.93. The number of halogens is 2. The van der Waals surface area contributed by atoms with Gasteiger partial charge in [-0.3, -0.25) is 10.1 Å². The van der Waals surface area contributed by atoms with Crippen LogP contribution in [0.2, 0.25) is 0 Å². The maximum absolute atomic E-state index is 14.3. The van der Waals surface area contributed by atoms with Crippen molar-refractivity contribution in [3.63, 3.8) is 0 Å². The van der Waals surface area contributed by atoms with Gasteiger partial charge in [0.05, 0.1) is 0 Å². The van der Waals surface area contributed by atoms with E-state index in [4.69, 9.17) is 9.84 Å². The molecule has 1 aromatic rings. The quantitative estimate of drug-likeness (QED) is 0.378. The fourth-order valence-corrected chi connectivity index (χ4v) is 2.30. The van der Waals surface area contributed by atoms with Crippen molar-refractivity contribution >= 4 is 30.4 Å². The number of carboxylic acids is 1. The van der Waals surface area contributed by atoms with E-state index in [1.54, 1.807) is 12.1 Å². The smallest absolute Gasteiger partial charge is 0.425 e. The molecule has 2 atom stereocenters. The Labute approximate surface area is 143 Å². The van der Waals surface area contributed by atoms with Gasteiger partial charge in [0.15, 0.2) is 6.04 Å². The van der Waals surface area contributed by atoms with Crippen LogP contribution in [0.5, 0.6) is 5.75 Å². The highest BCUT2D eigenvalue weighted by atomic mass is 32.2. The van der Waals surface area contributed by atoms with E-state index in [2.05, 4.69) is 29.8 Å². The van der Waals surface area contributed by atoms with E-state index in [0.717, 1.165) is 4.90 Å². The summed E-state index contributed by atoms with van der Waals surface area (Å²) in [7, 11) is 0. The zero-order valence-corrected chi connectivity index (χ0v) is 14.3. The maximum Gasteiger partial charge on any atom is 0.425 e. The monoisotopic (exact) mass is 361 g/mol. The number of thiol groups is 1. The van der Waals surface area contributed by atoms with Crippen LogP contribution in [0.25, 0.3) is 0 Å². The van der Waals surface area contributed by atoms with Gasteiger partial charge in [-0.1, -0.05) is 5.92 Å². The van der Waals surface area contributed by atoms with E-state index in [0.29, 0.717) is 0 Å². The van der Waals surface area contributed by atoms with Crippen molar-refractivity contribution in [2.75, 3.05) is 12.0 Å². The predicted octanol–water partition coefficient (Wildman–Crippen LogP) is 2.74. The van der Waals surface area contributed by atoms with Crippen molar-refractivity contribution in [3.8, 4) is 17.6 Å². The third-order valence-electron chi connectivity index (χ3n) is 2.79. The fourth-order valence-electron chi connectivity index (χ4n) is 1.63. The highest BCUT2D eigenvalue weighted by Gasteiger charge is 2.43. The minimum Gasteiger partial charge on any atom is -0.480 e. The number of alkyl halides is 2. The second-order valence-electron chi connectivity index (χ2n) is 4.41. The second-order valence-corrected chi connectivity index (χ2v) is 5.65. The van der Waals surface area contributed by atoms with Crippen molar-refractivity contribution in [1.82, 2.24) is 5.32 Å². The van der Waals surface area contributed by atoms with Gasteiger partial charge in [-0.15, -0.1) is 17.7 Å². The van der Waals surface area contributed by atoms with Gasteiger partial charge in [0, 0.05) is 10.6 Å². The van der Waals surface area contributed by atoms with Gasteiger partial charge >= 0.3 is 12.1 Å². The van der Waals surface area contributed by atoms with Crippen molar-refractivity contribution < 1.29 is 23.4 Å². The third-order valence-corrected chi connectivity index (χ3v) is 3.90. The molecule has 0 amide bonds. The lowest BCUT2D eigenvalue weighted by Gasteiger charge is -2.26. The van der Waals surface area contributed by atoms with Gasteiger partial charge in [0.2, 0.25) is 0 Å². The SMILES string of the molecule is CC#CC(NC(CS)C(=O)O)C(F)(F)Oc1ccc(SC)cc1. The number of carboxylic acid groups (broad SMARTS) is 1. The van der Waals surface area contributed by atoms with Crippen LogP contribution < -0.4 is 10.1 Å². The summed E-state index contributed by atoms with van der Waals surface area (Å²) in [5.74, 6) is 3.12. The van der Waals surface area contributed by atoms with E-state index in [9.17, 15) is 13.6 Å². The molecule has 2 N–H and O–H groups in total. The normalized spacial score (nSPS) is 13.6. The Bertz CT molecular complexity index is 585. The fraction of sp³-hybridized carbons (Fsp3) is 0.400. The molecular weight excluding hydrogens is 344 g/mol. The van der Waals surface area contributed by atoms with Gasteiger partial charge in [0.25, 0.3) is 0 Å². The number of ether oxygens (including phenoxy) is 1. The Morgan fingerprint density at radius 2 is 2.09 bits per heavy atom. The van der Waals surface area contributed by atoms with Crippen LogP contribution in [0.4, 0.5) is 8.78 Å². The summed E-state index contributed by atoms with van der Waals surface area (Å²) in [6.45, 7) is 1.38. The number of hydrogen-bond acceptors (Lipinski definition) is 5. The lowest BCUT2D eigenvalue weighted by molar-refractivity contribution is -0.188. The second kappa shape index (κ2) is 9.01. The molecule has 0 bridgehead atoms. The summed E-state index contributed by atoms with van der Waals surface area (Å²) in [6.07, 6.45) is -1.84. The molecule has 0 aliphatic heterocycles. The van der Waals surface area contributed by atoms with Crippen molar-refractivity contribution in [3.05, 3.63) is 24.3 Å². The summed E-state index contributed by atoms with van der Waals surface area (Å²) < 4.78 is 33.3. The minimum absolute atomic E-state index is 0.0322. The first-order valence-electron chi connectivity index (χ1n) is 6.57. The average molecular weight is 361 g/mol. The first kappa shape index (κ1) is 19.6. The summed E-state index contributed by atoms with van der Waals surface area (Å²) in [4.78, 5) is 11.9. The zero-order chi connectivity index (χ0) is 17.5. The molecule has 23 heavy (non-hydrogen) atoms. The number of hydrogen-bond donors (Lipinski definition) is 3. The molecule has 0 saturated heterocycles.